The molecule has 0 amide bonds. The largest absolute Gasteiger partial charge is 0.449 e. The van der Waals surface area contributed by atoms with E-state index in [9.17, 15) is 10.1 Å². The second kappa shape index (κ2) is 6.23. The number of hydrogen-bond acceptors (Lipinski definition) is 4. The van der Waals surface area contributed by atoms with Gasteiger partial charge in [0.05, 0.1) is 10.5 Å². The summed E-state index contributed by atoms with van der Waals surface area (Å²) in [4.78, 5) is 10.5. The van der Waals surface area contributed by atoms with E-state index >= 15 is 0 Å². The molecule has 0 aliphatic rings. The van der Waals surface area contributed by atoms with Gasteiger partial charge in [-0.25, -0.2) is 0 Å². The summed E-state index contributed by atoms with van der Waals surface area (Å²) in [5.41, 5.74) is 5.66. The molecule has 0 unspecified atom stereocenters. The Balaban J connectivity index is 2.50. The second-order valence-corrected chi connectivity index (χ2v) is 5.86. The third-order valence-electron chi connectivity index (χ3n) is 2.57. The van der Waals surface area contributed by atoms with Gasteiger partial charge in [0.15, 0.2) is 0 Å². The van der Waals surface area contributed by atoms with Crippen molar-refractivity contribution >= 4 is 43.4 Å². The van der Waals surface area contributed by atoms with Crippen molar-refractivity contribution in [2.75, 3.05) is 0 Å². The third kappa shape index (κ3) is 3.59. The van der Waals surface area contributed by atoms with Gasteiger partial charge in [-0.15, -0.1) is 0 Å². The molecule has 0 radical (unpaired) electrons. The number of nitrogen functional groups attached to an aromatic ring is 1. The van der Waals surface area contributed by atoms with Gasteiger partial charge in [0.2, 0.25) is 5.75 Å². The van der Waals surface area contributed by atoms with Crippen molar-refractivity contribution in [3.63, 3.8) is 0 Å². The molecule has 2 aromatic carbocycles. The molecule has 3 N–H and O–H groups in total. The first-order valence-corrected chi connectivity index (χ1v) is 7.23. The summed E-state index contributed by atoms with van der Waals surface area (Å²) in [5, 5.41) is 18.6. The molecule has 0 fully saturated rings. The molecule has 0 heterocycles. The number of halogens is 2. The van der Waals surface area contributed by atoms with Gasteiger partial charge in [-0.3, -0.25) is 15.5 Å². The van der Waals surface area contributed by atoms with E-state index in [1.807, 2.05) is 0 Å². The van der Waals surface area contributed by atoms with Gasteiger partial charge < -0.3 is 10.5 Å². The van der Waals surface area contributed by atoms with E-state index in [0.717, 1.165) is 0 Å². The lowest BCUT2D eigenvalue weighted by atomic mass is 10.2. The summed E-state index contributed by atoms with van der Waals surface area (Å²) in [6.45, 7) is 0. The molecule has 6 nitrogen and oxygen atoms in total. The van der Waals surface area contributed by atoms with Crippen LogP contribution in [0.3, 0.4) is 0 Å². The molecule has 0 saturated heterocycles. The maximum absolute atomic E-state index is 11.1. The Morgan fingerprint density at radius 3 is 2.38 bits per heavy atom. The average molecular weight is 415 g/mol. The molecule has 2 rings (SSSR count). The molecular weight excluding hydrogens is 406 g/mol. The van der Waals surface area contributed by atoms with Gasteiger partial charge in [-0.1, -0.05) is 31.9 Å². The second-order valence-electron chi connectivity index (χ2n) is 4.03. The lowest BCUT2D eigenvalue weighted by Crippen LogP contribution is -2.12. The minimum absolute atomic E-state index is 0.0730. The summed E-state index contributed by atoms with van der Waals surface area (Å²) in [6.07, 6.45) is 0. The van der Waals surface area contributed by atoms with Crippen molar-refractivity contribution in [3.05, 3.63) is 61.0 Å². The Labute approximate surface area is 136 Å². The number of nitro groups is 1. The van der Waals surface area contributed by atoms with Crippen LogP contribution in [-0.2, 0) is 0 Å². The van der Waals surface area contributed by atoms with Crippen molar-refractivity contribution in [1.29, 1.82) is 5.41 Å². The standard InChI is InChI=1S/C13H9Br2N3O3/c14-7-2-4-11(10(5-7)18(19)20)21-12-6-8(15)1-3-9(12)13(16)17/h1-6H,(H3,16,17). The van der Waals surface area contributed by atoms with Crippen LogP contribution in [0.25, 0.3) is 0 Å². The maximum atomic E-state index is 11.1. The lowest BCUT2D eigenvalue weighted by molar-refractivity contribution is -0.385. The van der Waals surface area contributed by atoms with E-state index in [0.29, 0.717) is 14.5 Å². The van der Waals surface area contributed by atoms with Crippen molar-refractivity contribution in [1.82, 2.24) is 0 Å². The van der Waals surface area contributed by atoms with Crippen LogP contribution in [0.5, 0.6) is 11.5 Å². The van der Waals surface area contributed by atoms with Crippen molar-refractivity contribution in [3.8, 4) is 11.5 Å². The molecule has 108 valence electrons. The van der Waals surface area contributed by atoms with Gasteiger partial charge in [0.25, 0.3) is 0 Å². The minimum Gasteiger partial charge on any atom is -0.449 e. The van der Waals surface area contributed by atoms with E-state index in [4.69, 9.17) is 15.9 Å². The molecule has 0 bridgehead atoms. The fourth-order valence-electron chi connectivity index (χ4n) is 1.64. The van der Waals surface area contributed by atoms with E-state index < -0.39 is 4.92 Å². The molecule has 0 aliphatic heterocycles. The Bertz CT molecular complexity index is 735. The van der Waals surface area contributed by atoms with E-state index in [1.54, 1.807) is 24.3 Å². The predicted octanol–water partition coefficient (Wildman–Crippen LogP) is 4.20. The quantitative estimate of drug-likeness (QED) is 0.338. The monoisotopic (exact) mass is 413 g/mol. The topological polar surface area (TPSA) is 102 Å². The van der Waals surface area contributed by atoms with Crippen molar-refractivity contribution in [2.45, 2.75) is 0 Å². The smallest absolute Gasteiger partial charge is 0.312 e. The van der Waals surface area contributed by atoms with Crippen LogP contribution in [-0.4, -0.2) is 10.8 Å². The molecular formula is C13H9Br2N3O3. The molecule has 0 saturated carbocycles. The number of nitrogens with two attached hydrogens (primary N) is 1. The molecule has 0 atom stereocenters. The summed E-state index contributed by atoms with van der Waals surface area (Å²) in [6, 6.07) is 9.37. The minimum atomic E-state index is -0.536. The molecule has 0 aliphatic carbocycles. The van der Waals surface area contributed by atoms with Crippen LogP contribution in [0.4, 0.5) is 5.69 Å². The van der Waals surface area contributed by atoms with E-state index in [1.165, 1.54) is 12.1 Å². The lowest BCUT2D eigenvalue weighted by Gasteiger charge is -2.11. The number of amidine groups is 1. The molecule has 21 heavy (non-hydrogen) atoms. The number of nitrogens with zero attached hydrogens (tertiary/aromatic N) is 1. The van der Waals surface area contributed by atoms with Crippen LogP contribution >= 0.6 is 31.9 Å². The summed E-state index contributed by atoms with van der Waals surface area (Å²) < 4.78 is 6.87. The highest BCUT2D eigenvalue weighted by Crippen LogP contribution is 2.35. The number of nitrogens with one attached hydrogen (secondary N) is 1. The molecule has 2 aromatic rings. The zero-order valence-corrected chi connectivity index (χ0v) is 13.6. The Morgan fingerprint density at radius 2 is 1.76 bits per heavy atom. The van der Waals surface area contributed by atoms with Gasteiger partial charge >= 0.3 is 5.69 Å². The number of benzene rings is 2. The highest BCUT2D eigenvalue weighted by Gasteiger charge is 2.18. The molecule has 0 aromatic heterocycles. The number of ether oxygens (including phenoxy) is 1. The average Bonchev–Trinajstić information content (AvgIpc) is 2.40. The maximum Gasteiger partial charge on any atom is 0.312 e. The van der Waals surface area contributed by atoms with Gasteiger partial charge in [-0.05, 0) is 30.3 Å². The first kappa shape index (κ1) is 15.5. The predicted molar refractivity (Wildman–Crippen MR) is 86.0 cm³/mol. The van der Waals surface area contributed by atoms with Crippen LogP contribution in [0.1, 0.15) is 5.56 Å². The van der Waals surface area contributed by atoms with Crippen molar-refractivity contribution < 1.29 is 9.66 Å². The van der Waals surface area contributed by atoms with Crippen LogP contribution in [0.2, 0.25) is 0 Å². The van der Waals surface area contributed by atoms with Crippen molar-refractivity contribution in [2.24, 2.45) is 5.73 Å². The van der Waals surface area contributed by atoms with Gasteiger partial charge in [0.1, 0.15) is 11.6 Å². The van der Waals surface area contributed by atoms with Crippen LogP contribution in [0, 0.1) is 15.5 Å². The van der Waals surface area contributed by atoms with Crippen LogP contribution < -0.4 is 10.5 Å². The SMILES string of the molecule is N=C(N)c1ccc(Br)cc1Oc1ccc(Br)cc1[N+](=O)[O-]. The van der Waals surface area contributed by atoms with Gasteiger partial charge in [-0.2, -0.15) is 0 Å². The first-order valence-electron chi connectivity index (χ1n) is 5.64. The fraction of sp³-hybridized carbons (Fsp3) is 0. The highest BCUT2D eigenvalue weighted by atomic mass is 79.9. The Kier molecular flexibility index (Phi) is 4.59. The number of nitro benzene ring substituents is 1. The highest BCUT2D eigenvalue weighted by molar-refractivity contribution is 9.10. The van der Waals surface area contributed by atoms with Crippen LogP contribution in [0.15, 0.2) is 45.3 Å². The van der Waals surface area contributed by atoms with E-state index in [2.05, 4.69) is 31.9 Å². The number of rotatable bonds is 4. The molecule has 0 spiro atoms. The summed E-state index contributed by atoms with van der Waals surface area (Å²) in [7, 11) is 0. The Hall–Kier alpha value is -1.93. The van der Waals surface area contributed by atoms with E-state index in [-0.39, 0.29) is 23.0 Å². The normalized spacial score (nSPS) is 10.2. The zero-order valence-electron chi connectivity index (χ0n) is 10.5. The first-order chi connectivity index (χ1) is 9.88. The van der Waals surface area contributed by atoms with Gasteiger partial charge in [0, 0.05) is 15.0 Å². The fourth-order valence-corrected chi connectivity index (χ4v) is 2.33. The zero-order chi connectivity index (χ0) is 15.6. The third-order valence-corrected chi connectivity index (χ3v) is 3.56. The summed E-state index contributed by atoms with van der Waals surface area (Å²) >= 11 is 6.46. The number of hydrogen-bond donors (Lipinski definition) is 2. The Morgan fingerprint density at radius 1 is 1.14 bits per heavy atom. The summed E-state index contributed by atoms with van der Waals surface area (Å²) in [5.74, 6) is 0.156. The molecule has 8 heteroatoms.